The summed E-state index contributed by atoms with van der Waals surface area (Å²) in [5.74, 6) is -0.251. The van der Waals surface area contributed by atoms with Crippen LogP contribution in [0.4, 0.5) is 5.13 Å². The summed E-state index contributed by atoms with van der Waals surface area (Å²) in [4.78, 5) is 15.1. The van der Waals surface area contributed by atoms with Crippen LogP contribution in [0.25, 0.3) is 10.9 Å². The zero-order chi connectivity index (χ0) is 19.7. The molecule has 2 heterocycles. The number of aromatic amines is 1. The molecule has 4 aromatic rings. The first-order chi connectivity index (χ1) is 13.6. The molecule has 1 unspecified atom stereocenters. The zero-order valence-electron chi connectivity index (χ0n) is 15.3. The van der Waals surface area contributed by atoms with Gasteiger partial charge in [-0.05, 0) is 36.8 Å². The van der Waals surface area contributed by atoms with Gasteiger partial charge in [0.1, 0.15) is 10.8 Å². The van der Waals surface area contributed by atoms with Gasteiger partial charge < -0.3 is 20.1 Å². The third kappa shape index (κ3) is 3.29. The number of aryl methyl sites for hydroxylation is 1. The molecular formula is C20H18N4O3S. The summed E-state index contributed by atoms with van der Waals surface area (Å²) < 4.78 is 5.37. The highest BCUT2D eigenvalue weighted by Crippen LogP contribution is 2.35. The van der Waals surface area contributed by atoms with Crippen LogP contribution < -0.4 is 10.1 Å². The van der Waals surface area contributed by atoms with E-state index in [4.69, 9.17) is 4.74 Å². The van der Waals surface area contributed by atoms with Gasteiger partial charge in [0.2, 0.25) is 5.13 Å². The summed E-state index contributed by atoms with van der Waals surface area (Å²) in [6.07, 6.45) is 1.88. The molecule has 0 saturated carbocycles. The summed E-state index contributed by atoms with van der Waals surface area (Å²) >= 11 is 1.42. The van der Waals surface area contributed by atoms with Crippen LogP contribution in [0.2, 0.25) is 0 Å². The van der Waals surface area contributed by atoms with Crippen molar-refractivity contribution in [2.75, 3.05) is 12.4 Å². The maximum Gasteiger partial charge on any atom is 0.336 e. The number of hydrogen-bond acceptors (Lipinski definition) is 6. The summed E-state index contributed by atoms with van der Waals surface area (Å²) in [6.45, 7) is 1.87. The van der Waals surface area contributed by atoms with Crippen molar-refractivity contribution in [2.24, 2.45) is 0 Å². The van der Waals surface area contributed by atoms with Crippen LogP contribution in [-0.4, -0.2) is 33.4 Å². The number of nitrogens with zero attached hydrogens (tertiary/aromatic N) is 2. The summed E-state index contributed by atoms with van der Waals surface area (Å²) in [6, 6.07) is 12.3. The maximum atomic E-state index is 11.8. The van der Waals surface area contributed by atoms with E-state index < -0.39 is 12.0 Å². The Bertz CT molecular complexity index is 1150. The van der Waals surface area contributed by atoms with Crippen molar-refractivity contribution in [2.45, 2.75) is 13.0 Å². The van der Waals surface area contributed by atoms with Gasteiger partial charge in [-0.1, -0.05) is 29.5 Å². The highest BCUT2D eigenvalue weighted by atomic mass is 32.1. The number of rotatable bonds is 6. The molecule has 8 heteroatoms. The minimum atomic E-state index is -0.978. The van der Waals surface area contributed by atoms with Gasteiger partial charge in [0.25, 0.3) is 0 Å². The van der Waals surface area contributed by atoms with Crippen LogP contribution in [0.1, 0.15) is 32.5 Å². The second-order valence-corrected chi connectivity index (χ2v) is 7.43. The van der Waals surface area contributed by atoms with Crippen molar-refractivity contribution in [1.82, 2.24) is 15.2 Å². The molecule has 7 nitrogen and oxygen atoms in total. The fourth-order valence-electron chi connectivity index (χ4n) is 3.23. The van der Waals surface area contributed by atoms with E-state index in [1.807, 2.05) is 43.5 Å². The van der Waals surface area contributed by atoms with E-state index in [1.54, 1.807) is 19.2 Å². The topological polar surface area (TPSA) is 100 Å². The zero-order valence-corrected chi connectivity index (χ0v) is 16.1. The molecule has 0 aliphatic carbocycles. The molecule has 0 radical (unpaired) electrons. The minimum absolute atomic E-state index is 0.235. The second-order valence-electron chi connectivity index (χ2n) is 6.25. The third-order valence-corrected chi connectivity index (χ3v) is 5.30. The molecular weight excluding hydrogens is 376 g/mol. The standard InChI is InChI=1S/C20H18N4O3S/c1-11-23-24-20(28-11)22-18(13-5-3-4-6-14(13)19(25)26)16-10-21-17-8-7-12(27-2)9-15(16)17/h3-10,18,21H,1-2H3,(H,22,24)(H,25,26). The monoisotopic (exact) mass is 394 g/mol. The number of hydrogen-bond donors (Lipinski definition) is 3. The Labute approximate surface area is 165 Å². The number of benzene rings is 2. The number of aromatic nitrogens is 3. The number of methoxy groups -OCH3 is 1. The largest absolute Gasteiger partial charge is 0.497 e. The fraction of sp³-hybridized carbons (Fsp3) is 0.150. The molecule has 142 valence electrons. The number of nitrogens with one attached hydrogen (secondary N) is 2. The highest BCUT2D eigenvalue weighted by Gasteiger charge is 2.24. The quantitative estimate of drug-likeness (QED) is 0.452. The Morgan fingerprint density at radius 3 is 2.75 bits per heavy atom. The second kappa shape index (κ2) is 7.32. The van der Waals surface area contributed by atoms with Crippen LogP contribution in [0, 0.1) is 6.92 Å². The SMILES string of the molecule is COc1ccc2[nH]cc(C(Nc3nnc(C)s3)c3ccccc3C(=O)O)c2c1. The number of fused-ring (bicyclic) bond motifs is 1. The molecule has 0 fully saturated rings. The van der Waals surface area contributed by atoms with Gasteiger partial charge in [0.05, 0.1) is 18.7 Å². The van der Waals surface area contributed by atoms with E-state index in [-0.39, 0.29) is 5.56 Å². The lowest BCUT2D eigenvalue weighted by atomic mass is 9.94. The van der Waals surface area contributed by atoms with Gasteiger partial charge in [-0.25, -0.2) is 4.79 Å². The third-order valence-electron chi connectivity index (χ3n) is 4.53. The highest BCUT2D eigenvalue weighted by molar-refractivity contribution is 7.15. The van der Waals surface area contributed by atoms with Crippen molar-refractivity contribution in [3.8, 4) is 5.75 Å². The van der Waals surface area contributed by atoms with Crippen LogP contribution in [0.3, 0.4) is 0 Å². The lowest BCUT2D eigenvalue weighted by molar-refractivity contribution is 0.0695. The first-order valence-corrected chi connectivity index (χ1v) is 9.42. The van der Waals surface area contributed by atoms with Crippen LogP contribution in [0.15, 0.2) is 48.7 Å². The van der Waals surface area contributed by atoms with Gasteiger partial charge in [-0.2, -0.15) is 0 Å². The van der Waals surface area contributed by atoms with Crippen molar-refractivity contribution >= 4 is 33.3 Å². The summed E-state index contributed by atoms with van der Waals surface area (Å²) in [5, 5.41) is 23.7. The van der Waals surface area contributed by atoms with Crippen molar-refractivity contribution in [3.05, 3.63) is 70.4 Å². The Kier molecular flexibility index (Phi) is 4.70. The van der Waals surface area contributed by atoms with E-state index in [0.717, 1.165) is 27.2 Å². The van der Waals surface area contributed by atoms with E-state index in [9.17, 15) is 9.90 Å². The Hall–Kier alpha value is -3.39. The summed E-state index contributed by atoms with van der Waals surface area (Å²) in [7, 11) is 1.62. The number of carboxylic acid groups (broad SMARTS) is 1. The van der Waals surface area contributed by atoms with Crippen molar-refractivity contribution in [3.63, 3.8) is 0 Å². The Morgan fingerprint density at radius 2 is 2.04 bits per heavy atom. The maximum absolute atomic E-state index is 11.8. The van der Waals surface area contributed by atoms with E-state index in [0.29, 0.717) is 10.7 Å². The first-order valence-electron chi connectivity index (χ1n) is 8.60. The molecule has 3 N–H and O–H groups in total. The molecule has 0 saturated heterocycles. The van der Waals surface area contributed by atoms with Gasteiger partial charge >= 0.3 is 5.97 Å². The molecule has 0 aliphatic rings. The normalized spacial score (nSPS) is 12.1. The predicted molar refractivity (Wildman–Crippen MR) is 108 cm³/mol. The van der Waals surface area contributed by atoms with Crippen molar-refractivity contribution < 1.29 is 14.6 Å². The molecule has 2 aromatic carbocycles. The van der Waals surface area contributed by atoms with Gasteiger partial charge in [-0.15, -0.1) is 10.2 Å². The number of carbonyl (C=O) groups is 1. The Balaban J connectivity index is 1.90. The van der Waals surface area contributed by atoms with E-state index >= 15 is 0 Å². The minimum Gasteiger partial charge on any atom is -0.497 e. The summed E-state index contributed by atoms with van der Waals surface area (Å²) in [5.41, 5.74) is 2.71. The lowest BCUT2D eigenvalue weighted by Gasteiger charge is -2.20. The number of carboxylic acids is 1. The molecule has 0 amide bonds. The average Bonchev–Trinajstić information content (AvgIpc) is 3.31. The molecule has 0 bridgehead atoms. The molecule has 28 heavy (non-hydrogen) atoms. The molecule has 1 atom stereocenters. The van der Waals surface area contributed by atoms with Crippen LogP contribution >= 0.6 is 11.3 Å². The van der Waals surface area contributed by atoms with Gasteiger partial charge in [-0.3, -0.25) is 0 Å². The predicted octanol–water partition coefficient (Wildman–Crippen LogP) is 4.24. The van der Waals surface area contributed by atoms with E-state index in [1.165, 1.54) is 11.3 Å². The molecule has 2 aromatic heterocycles. The van der Waals surface area contributed by atoms with Gasteiger partial charge in [0, 0.05) is 22.7 Å². The Morgan fingerprint density at radius 1 is 1.21 bits per heavy atom. The van der Waals surface area contributed by atoms with E-state index in [2.05, 4.69) is 20.5 Å². The number of anilines is 1. The molecule has 0 spiro atoms. The smallest absolute Gasteiger partial charge is 0.336 e. The molecule has 4 rings (SSSR count). The van der Waals surface area contributed by atoms with Gasteiger partial charge in [0.15, 0.2) is 0 Å². The van der Waals surface area contributed by atoms with Crippen molar-refractivity contribution in [1.29, 1.82) is 0 Å². The van der Waals surface area contributed by atoms with Crippen LogP contribution in [0.5, 0.6) is 5.75 Å². The number of H-pyrrole nitrogens is 1. The first kappa shape index (κ1) is 18.0. The molecule has 0 aliphatic heterocycles. The lowest BCUT2D eigenvalue weighted by Crippen LogP contribution is -2.16. The average molecular weight is 394 g/mol. The number of aromatic carboxylic acids is 1. The van der Waals surface area contributed by atoms with Crippen LogP contribution in [-0.2, 0) is 0 Å². The fourth-order valence-corrected chi connectivity index (χ4v) is 3.85. The number of ether oxygens (including phenoxy) is 1.